The van der Waals surface area contributed by atoms with Crippen LogP contribution in [0.3, 0.4) is 0 Å². The van der Waals surface area contributed by atoms with E-state index in [2.05, 4.69) is 30.9 Å². The third kappa shape index (κ3) is 4.44. The number of rotatable bonds is 6. The van der Waals surface area contributed by atoms with Gasteiger partial charge in [0, 0.05) is 40.7 Å². The number of ether oxygens (including phenoxy) is 1. The highest BCUT2D eigenvalue weighted by molar-refractivity contribution is 7.21. The van der Waals surface area contributed by atoms with E-state index in [9.17, 15) is 9.18 Å². The maximum absolute atomic E-state index is 14.0. The van der Waals surface area contributed by atoms with Crippen molar-refractivity contribution in [2.75, 3.05) is 44.4 Å². The lowest BCUT2D eigenvalue weighted by Gasteiger charge is -2.11. The fourth-order valence-corrected chi connectivity index (χ4v) is 4.87. The number of fused-ring (bicyclic) bond motifs is 5. The Balaban J connectivity index is 1.46. The smallest absolute Gasteiger partial charge is 0.321 e. The summed E-state index contributed by atoms with van der Waals surface area (Å²) in [5.74, 6) is -0.0104. The van der Waals surface area contributed by atoms with E-state index in [1.807, 2.05) is 44.1 Å². The van der Waals surface area contributed by atoms with Crippen molar-refractivity contribution < 1.29 is 13.9 Å². The zero-order valence-electron chi connectivity index (χ0n) is 19.0. The number of nitrogens with one attached hydrogen (secondary N) is 3. The standard InChI is InChI=1S/C23H24FN7O2S/c1-12-11-25-20-19-13-4-7-17(27-14(13)5-6-15(19)34-21(20)22(32)26-12)29-18-10-16(24)28-23(30-18)33-9-8-31(2)3/h4-7,10,12,25H,8-9,11H2,1-3H3,(H,26,32)(H,27,28,29,30)/t12-/m0/s1. The molecule has 1 amide bonds. The van der Waals surface area contributed by atoms with E-state index in [0.29, 0.717) is 30.4 Å². The number of pyridine rings is 1. The molecular formula is C23H24FN7O2S. The highest BCUT2D eigenvalue weighted by Crippen LogP contribution is 2.41. The Labute approximate surface area is 199 Å². The van der Waals surface area contributed by atoms with Gasteiger partial charge in [0.25, 0.3) is 5.91 Å². The van der Waals surface area contributed by atoms with Crippen molar-refractivity contribution in [2.24, 2.45) is 0 Å². The van der Waals surface area contributed by atoms with Crippen molar-refractivity contribution in [3.05, 3.63) is 41.2 Å². The molecule has 0 unspecified atom stereocenters. The highest BCUT2D eigenvalue weighted by Gasteiger charge is 2.24. The number of aromatic nitrogens is 3. The Morgan fingerprint density at radius 3 is 2.88 bits per heavy atom. The second kappa shape index (κ2) is 8.99. The van der Waals surface area contributed by atoms with E-state index in [0.717, 1.165) is 26.7 Å². The first-order chi connectivity index (χ1) is 16.4. The van der Waals surface area contributed by atoms with Gasteiger partial charge in [-0.2, -0.15) is 14.4 Å². The van der Waals surface area contributed by atoms with Gasteiger partial charge in [-0.1, -0.05) is 0 Å². The summed E-state index contributed by atoms with van der Waals surface area (Å²) in [6, 6.07) is 8.82. The largest absolute Gasteiger partial charge is 0.462 e. The van der Waals surface area contributed by atoms with Crippen molar-refractivity contribution in [1.82, 2.24) is 25.2 Å². The third-order valence-electron chi connectivity index (χ3n) is 5.39. The molecular weight excluding hydrogens is 457 g/mol. The molecule has 1 aliphatic heterocycles. The summed E-state index contributed by atoms with van der Waals surface area (Å²) in [6.07, 6.45) is 0. The molecule has 4 aromatic rings. The highest BCUT2D eigenvalue weighted by atomic mass is 32.1. The first-order valence-corrected chi connectivity index (χ1v) is 11.7. The van der Waals surface area contributed by atoms with Gasteiger partial charge in [-0.25, -0.2) is 4.98 Å². The topological polar surface area (TPSA) is 104 Å². The Bertz CT molecular complexity index is 1390. The van der Waals surface area contributed by atoms with Crippen LogP contribution in [0.25, 0.3) is 21.0 Å². The first kappa shape index (κ1) is 22.2. The van der Waals surface area contributed by atoms with Gasteiger partial charge >= 0.3 is 6.01 Å². The molecule has 4 heterocycles. The monoisotopic (exact) mass is 481 g/mol. The van der Waals surface area contributed by atoms with Crippen LogP contribution >= 0.6 is 11.3 Å². The fourth-order valence-electron chi connectivity index (χ4n) is 3.77. The molecule has 1 aliphatic rings. The number of hydrogen-bond donors (Lipinski definition) is 3. The Morgan fingerprint density at radius 1 is 1.21 bits per heavy atom. The van der Waals surface area contributed by atoms with Crippen molar-refractivity contribution in [3.8, 4) is 6.01 Å². The minimum Gasteiger partial charge on any atom is -0.462 e. The molecule has 1 atom stereocenters. The summed E-state index contributed by atoms with van der Waals surface area (Å²) in [5, 5.41) is 11.4. The average Bonchev–Trinajstić information content (AvgIpc) is 3.09. The van der Waals surface area contributed by atoms with Gasteiger partial charge in [0.2, 0.25) is 5.95 Å². The lowest BCUT2D eigenvalue weighted by molar-refractivity contribution is 0.0949. The second-order valence-electron chi connectivity index (χ2n) is 8.40. The van der Waals surface area contributed by atoms with Gasteiger partial charge in [-0.15, -0.1) is 11.3 Å². The number of hydrogen-bond acceptors (Lipinski definition) is 9. The number of nitrogens with zero attached hydrogens (tertiary/aromatic N) is 4. The molecule has 176 valence electrons. The summed E-state index contributed by atoms with van der Waals surface area (Å²) in [7, 11) is 3.83. The Kier molecular flexibility index (Phi) is 5.88. The molecule has 1 aromatic carbocycles. The van der Waals surface area contributed by atoms with Crippen LogP contribution in [0.1, 0.15) is 16.6 Å². The van der Waals surface area contributed by atoms with E-state index in [-0.39, 0.29) is 23.8 Å². The predicted molar refractivity (Wildman–Crippen MR) is 132 cm³/mol. The molecule has 0 saturated heterocycles. The van der Waals surface area contributed by atoms with Gasteiger partial charge in [0.1, 0.15) is 23.1 Å². The molecule has 3 N–H and O–H groups in total. The number of anilines is 3. The van der Waals surface area contributed by atoms with Crippen LogP contribution in [0.4, 0.5) is 21.7 Å². The van der Waals surface area contributed by atoms with Crippen molar-refractivity contribution in [2.45, 2.75) is 13.0 Å². The average molecular weight is 482 g/mol. The number of carbonyl (C=O) groups excluding carboxylic acids is 1. The molecule has 0 saturated carbocycles. The van der Waals surface area contributed by atoms with Crippen LogP contribution in [-0.4, -0.2) is 65.6 Å². The maximum Gasteiger partial charge on any atom is 0.321 e. The van der Waals surface area contributed by atoms with Gasteiger partial charge < -0.3 is 25.6 Å². The molecule has 0 aliphatic carbocycles. The number of benzene rings is 1. The van der Waals surface area contributed by atoms with Crippen LogP contribution in [0.2, 0.25) is 0 Å². The maximum atomic E-state index is 14.0. The molecule has 34 heavy (non-hydrogen) atoms. The Hall–Kier alpha value is -3.57. The van der Waals surface area contributed by atoms with Crippen LogP contribution in [-0.2, 0) is 0 Å². The van der Waals surface area contributed by atoms with Gasteiger partial charge in [0.05, 0.1) is 11.2 Å². The van der Waals surface area contributed by atoms with Gasteiger partial charge in [-0.05, 0) is 45.3 Å². The summed E-state index contributed by atoms with van der Waals surface area (Å²) < 4.78 is 20.5. The number of likely N-dealkylation sites (N-methyl/N-ethyl adjacent to an activating group) is 1. The van der Waals surface area contributed by atoms with E-state index < -0.39 is 5.95 Å². The lowest BCUT2D eigenvalue weighted by Crippen LogP contribution is -2.34. The predicted octanol–water partition coefficient (Wildman–Crippen LogP) is 3.61. The summed E-state index contributed by atoms with van der Waals surface area (Å²) in [4.78, 5) is 27.8. The molecule has 0 spiro atoms. The van der Waals surface area contributed by atoms with Crippen LogP contribution in [0.15, 0.2) is 30.3 Å². The van der Waals surface area contributed by atoms with Crippen molar-refractivity contribution in [1.29, 1.82) is 0 Å². The number of halogens is 1. The zero-order valence-corrected chi connectivity index (χ0v) is 19.8. The van der Waals surface area contributed by atoms with Crippen LogP contribution in [0, 0.1) is 5.95 Å². The summed E-state index contributed by atoms with van der Waals surface area (Å²) in [6.45, 7) is 3.61. The van der Waals surface area contributed by atoms with Gasteiger partial charge in [-0.3, -0.25) is 4.79 Å². The minimum atomic E-state index is -0.695. The molecule has 3 aromatic heterocycles. The molecule has 0 bridgehead atoms. The first-order valence-electron chi connectivity index (χ1n) is 10.9. The van der Waals surface area contributed by atoms with Crippen molar-refractivity contribution >= 4 is 55.6 Å². The summed E-state index contributed by atoms with van der Waals surface area (Å²) in [5.41, 5.74) is 1.59. The third-order valence-corrected chi connectivity index (χ3v) is 6.54. The molecule has 0 fully saturated rings. The minimum absolute atomic E-state index is 0.0357. The van der Waals surface area contributed by atoms with Crippen LogP contribution in [0.5, 0.6) is 6.01 Å². The van der Waals surface area contributed by atoms with Gasteiger partial charge in [0.15, 0.2) is 0 Å². The Morgan fingerprint density at radius 2 is 2.06 bits per heavy atom. The molecule has 9 nitrogen and oxygen atoms in total. The number of amides is 1. The quantitative estimate of drug-likeness (QED) is 0.359. The summed E-state index contributed by atoms with van der Waals surface area (Å²) >= 11 is 1.46. The van der Waals surface area contributed by atoms with E-state index in [1.54, 1.807) is 6.07 Å². The van der Waals surface area contributed by atoms with E-state index in [1.165, 1.54) is 17.4 Å². The van der Waals surface area contributed by atoms with Crippen molar-refractivity contribution in [3.63, 3.8) is 0 Å². The molecule has 5 rings (SSSR count). The zero-order chi connectivity index (χ0) is 23.8. The fraction of sp³-hybridized carbons (Fsp3) is 0.304. The number of carbonyl (C=O) groups is 1. The molecule has 11 heteroatoms. The van der Waals surface area contributed by atoms with E-state index >= 15 is 0 Å². The normalized spacial score (nSPS) is 15.7. The SMILES string of the molecule is C[C@H]1CNc2c(sc3ccc4nc(Nc5cc(F)nc(OCCN(C)C)n5)ccc4c23)C(=O)N1. The van der Waals surface area contributed by atoms with E-state index in [4.69, 9.17) is 4.74 Å². The molecule has 0 radical (unpaired) electrons. The van der Waals surface area contributed by atoms with Crippen LogP contribution < -0.4 is 20.7 Å². The lowest BCUT2D eigenvalue weighted by atomic mass is 10.1. The second-order valence-corrected chi connectivity index (χ2v) is 9.45. The number of thiophene rings is 1.